The number of carbonyl (C=O) groups is 1. The number of amides is 1. The summed E-state index contributed by atoms with van der Waals surface area (Å²) in [7, 11) is 0. The van der Waals surface area contributed by atoms with Crippen LogP contribution in [0.2, 0.25) is 0 Å². The van der Waals surface area contributed by atoms with Gasteiger partial charge in [0.1, 0.15) is 0 Å². The third-order valence-corrected chi connectivity index (χ3v) is 4.18. The molecule has 1 saturated carbocycles. The van der Waals surface area contributed by atoms with Gasteiger partial charge in [-0.3, -0.25) is 4.79 Å². The van der Waals surface area contributed by atoms with Crippen molar-refractivity contribution >= 4 is 23.2 Å². The lowest BCUT2D eigenvalue weighted by Gasteiger charge is -2.36. The van der Waals surface area contributed by atoms with E-state index in [2.05, 4.69) is 32.5 Å². The fourth-order valence-electron chi connectivity index (χ4n) is 2.72. The molecule has 3 rings (SSSR count). The number of alkyl halides is 3. The van der Waals surface area contributed by atoms with Gasteiger partial charge in [-0.05, 0) is 43.2 Å². The Bertz CT molecular complexity index is 816. The molecule has 0 bridgehead atoms. The molecule has 1 aliphatic carbocycles. The van der Waals surface area contributed by atoms with Crippen molar-refractivity contribution in [3.8, 4) is 0 Å². The zero-order valence-corrected chi connectivity index (χ0v) is 14.3. The molecule has 1 fully saturated rings. The Morgan fingerprint density at radius 3 is 2.30 bits per heavy atom. The molecular weight excluding hydrogens is 359 g/mol. The molecule has 142 valence electrons. The number of hydrogen-bond donors (Lipinski definition) is 3. The Hall–Kier alpha value is -3.10. The summed E-state index contributed by atoms with van der Waals surface area (Å²) < 4.78 is 37.9. The summed E-state index contributed by atoms with van der Waals surface area (Å²) in [4.78, 5) is 19.7. The van der Waals surface area contributed by atoms with Crippen molar-refractivity contribution in [3.63, 3.8) is 0 Å². The van der Waals surface area contributed by atoms with Crippen molar-refractivity contribution in [1.82, 2.24) is 15.3 Å². The number of halogens is 3. The minimum Gasteiger partial charge on any atom is -0.364 e. The van der Waals surface area contributed by atoms with Gasteiger partial charge in [0.25, 0.3) is 0 Å². The summed E-state index contributed by atoms with van der Waals surface area (Å²) in [5, 5.41) is 9.01. The number of hydrogen-bond acceptors (Lipinski definition) is 5. The van der Waals surface area contributed by atoms with E-state index < -0.39 is 11.7 Å². The van der Waals surface area contributed by atoms with Crippen LogP contribution in [0.15, 0.2) is 49.3 Å². The first-order valence-corrected chi connectivity index (χ1v) is 8.30. The molecule has 1 aromatic heterocycles. The summed E-state index contributed by atoms with van der Waals surface area (Å²) in [6.45, 7) is 3.41. The molecule has 0 radical (unpaired) electrons. The predicted molar refractivity (Wildman–Crippen MR) is 95.5 cm³/mol. The number of carbonyl (C=O) groups excluding carboxylic acids is 1. The quantitative estimate of drug-likeness (QED) is 0.672. The fraction of sp³-hybridized carbons (Fsp3) is 0.278. The van der Waals surface area contributed by atoms with E-state index in [9.17, 15) is 18.0 Å². The van der Waals surface area contributed by atoms with Crippen LogP contribution in [-0.2, 0) is 11.0 Å². The average molecular weight is 377 g/mol. The molecule has 2 aromatic rings. The normalized spacial score (nSPS) is 18.9. The highest BCUT2D eigenvalue weighted by Gasteiger charge is 2.31. The smallest absolute Gasteiger partial charge is 0.364 e. The van der Waals surface area contributed by atoms with Crippen LogP contribution in [0.5, 0.6) is 0 Å². The Labute approximate surface area is 153 Å². The fourth-order valence-corrected chi connectivity index (χ4v) is 2.72. The number of aromatic nitrogens is 2. The van der Waals surface area contributed by atoms with E-state index in [1.165, 1.54) is 30.6 Å². The van der Waals surface area contributed by atoms with Gasteiger partial charge in [-0.2, -0.15) is 13.2 Å². The van der Waals surface area contributed by atoms with Gasteiger partial charge < -0.3 is 16.0 Å². The summed E-state index contributed by atoms with van der Waals surface area (Å²) >= 11 is 0. The Balaban J connectivity index is 1.62. The SMILES string of the molecule is C=CC(=O)N[C@H]1C[C@@H](Nc2nccnc2Nc2ccc(C(F)(F)F)cc2)C1. The molecule has 1 amide bonds. The second kappa shape index (κ2) is 7.65. The molecule has 3 N–H and O–H groups in total. The van der Waals surface area contributed by atoms with Crippen molar-refractivity contribution in [3.05, 3.63) is 54.9 Å². The van der Waals surface area contributed by atoms with Gasteiger partial charge in [0.2, 0.25) is 5.91 Å². The number of anilines is 3. The summed E-state index contributed by atoms with van der Waals surface area (Å²) in [5.41, 5.74) is -0.246. The zero-order valence-electron chi connectivity index (χ0n) is 14.3. The largest absolute Gasteiger partial charge is 0.416 e. The second-order valence-corrected chi connectivity index (χ2v) is 6.18. The van der Waals surface area contributed by atoms with Crippen LogP contribution in [0.1, 0.15) is 18.4 Å². The Morgan fingerprint density at radius 1 is 1.07 bits per heavy atom. The maximum atomic E-state index is 12.6. The topological polar surface area (TPSA) is 78.9 Å². The van der Waals surface area contributed by atoms with Crippen LogP contribution in [0.4, 0.5) is 30.5 Å². The lowest BCUT2D eigenvalue weighted by molar-refractivity contribution is -0.137. The molecule has 0 aliphatic heterocycles. The van der Waals surface area contributed by atoms with Crippen molar-refractivity contribution < 1.29 is 18.0 Å². The third kappa shape index (κ3) is 4.75. The minimum atomic E-state index is -4.38. The monoisotopic (exact) mass is 377 g/mol. The van der Waals surface area contributed by atoms with E-state index in [0.717, 1.165) is 25.0 Å². The van der Waals surface area contributed by atoms with Crippen molar-refractivity contribution in [1.29, 1.82) is 0 Å². The van der Waals surface area contributed by atoms with E-state index in [1.54, 1.807) is 0 Å². The molecule has 9 heteroatoms. The zero-order chi connectivity index (χ0) is 19.4. The molecule has 0 saturated heterocycles. The summed E-state index contributed by atoms with van der Waals surface area (Å²) in [6, 6.07) is 4.88. The van der Waals surface area contributed by atoms with Crippen LogP contribution in [-0.4, -0.2) is 28.0 Å². The van der Waals surface area contributed by atoms with Gasteiger partial charge in [0.15, 0.2) is 11.6 Å². The second-order valence-electron chi connectivity index (χ2n) is 6.18. The summed E-state index contributed by atoms with van der Waals surface area (Å²) in [5.74, 6) is 0.703. The maximum Gasteiger partial charge on any atom is 0.416 e. The van der Waals surface area contributed by atoms with E-state index in [0.29, 0.717) is 17.3 Å². The summed E-state index contributed by atoms with van der Waals surface area (Å²) in [6.07, 6.45) is 1.34. The molecule has 27 heavy (non-hydrogen) atoms. The first-order chi connectivity index (χ1) is 12.8. The standard InChI is InChI=1S/C18H18F3N5O/c1-2-15(27)24-13-9-14(10-13)26-17-16(22-7-8-23-17)25-12-5-3-11(4-6-12)18(19,20)21/h2-8,13-14H,1,9-10H2,(H,22,25)(H,23,26)(H,24,27)/t13-,14+. The van der Waals surface area contributed by atoms with E-state index in [-0.39, 0.29) is 18.0 Å². The van der Waals surface area contributed by atoms with E-state index in [4.69, 9.17) is 0 Å². The lowest BCUT2D eigenvalue weighted by Crippen LogP contribution is -2.49. The molecule has 1 aromatic carbocycles. The van der Waals surface area contributed by atoms with Crippen molar-refractivity contribution in [2.24, 2.45) is 0 Å². The van der Waals surface area contributed by atoms with Crippen LogP contribution in [0.25, 0.3) is 0 Å². The number of nitrogens with one attached hydrogen (secondary N) is 3. The van der Waals surface area contributed by atoms with Gasteiger partial charge in [-0.1, -0.05) is 6.58 Å². The van der Waals surface area contributed by atoms with Gasteiger partial charge in [0.05, 0.1) is 5.56 Å². The molecular formula is C18H18F3N5O. The Kier molecular flexibility index (Phi) is 5.29. The van der Waals surface area contributed by atoms with Crippen molar-refractivity contribution in [2.75, 3.05) is 10.6 Å². The van der Waals surface area contributed by atoms with Gasteiger partial charge in [0, 0.05) is 30.2 Å². The lowest BCUT2D eigenvalue weighted by atomic mass is 9.86. The van der Waals surface area contributed by atoms with Gasteiger partial charge in [-0.15, -0.1) is 0 Å². The highest BCUT2D eigenvalue weighted by atomic mass is 19.4. The van der Waals surface area contributed by atoms with Gasteiger partial charge >= 0.3 is 6.18 Å². The molecule has 1 heterocycles. The van der Waals surface area contributed by atoms with Crippen molar-refractivity contribution in [2.45, 2.75) is 31.1 Å². The molecule has 0 unspecified atom stereocenters. The average Bonchev–Trinajstić information content (AvgIpc) is 2.60. The van der Waals surface area contributed by atoms with Crippen LogP contribution in [0, 0.1) is 0 Å². The maximum absolute atomic E-state index is 12.6. The number of rotatable bonds is 6. The minimum absolute atomic E-state index is 0.0796. The molecule has 0 spiro atoms. The van der Waals surface area contributed by atoms with E-state index in [1.807, 2.05) is 0 Å². The number of benzene rings is 1. The Morgan fingerprint density at radius 2 is 1.70 bits per heavy atom. The first kappa shape index (κ1) is 18.7. The number of nitrogens with zero attached hydrogens (tertiary/aromatic N) is 2. The van der Waals surface area contributed by atoms with Crippen LogP contribution >= 0.6 is 0 Å². The van der Waals surface area contributed by atoms with Gasteiger partial charge in [-0.25, -0.2) is 9.97 Å². The molecule has 6 nitrogen and oxygen atoms in total. The molecule has 1 aliphatic rings. The van der Waals surface area contributed by atoms with Crippen LogP contribution < -0.4 is 16.0 Å². The van der Waals surface area contributed by atoms with Crippen LogP contribution in [0.3, 0.4) is 0 Å². The highest BCUT2D eigenvalue weighted by Crippen LogP contribution is 2.31. The first-order valence-electron chi connectivity index (χ1n) is 8.30. The predicted octanol–water partition coefficient (Wildman–Crippen LogP) is 3.48. The molecule has 0 atom stereocenters. The highest BCUT2D eigenvalue weighted by molar-refractivity contribution is 5.87. The van der Waals surface area contributed by atoms with E-state index >= 15 is 0 Å². The third-order valence-electron chi connectivity index (χ3n) is 4.18.